The summed E-state index contributed by atoms with van der Waals surface area (Å²) in [7, 11) is 1.64. The van der Waals surface area contributed by atoms with Gasteiger partial charge in [-0.3, -0.25) is 14.9 Å². The Morgan fingerprint density at radius 1 is 1.15 bits per heavy atom. The van der Waals surface area contributed by atoms with Crippen molar-refractivity contribution < 1.29 is 23.8 Å². The van der Waals surface area contributed by atoms with E-state index < -0.39 is 0 Å². The molecule has 0 spiro atoms. The van der Waals surface area contributed by atoms with Crippen molar-refractivity contribution in [2.45, 2.75) is 25.2 Å². The number of hydrogen-bond acceptors (Lipinski definition) is 7. The van der Waals surface area contributed by atoms with Gasteiger partial charge in [0.25, 0.3) is 5.91 Å². The number of rotatable bonds is 7. The van der Waals surface area contributed by atoms with Gasteiger partial charge in [-0.2, -0.15) is 0 Å². The molecule has 0 saturated carbocycles. The number of aryl methyl sites for hydroxylation is 1. The van der Waals surface area contributed by atoms with Crippen LogP contribution in [0.25, 0.3) is 0 Å². The maximum atomic E-state index is 12.8. The molecule has 0 radical (unpaired) electrons. The van der Waals surface area contributed by atoms with E-state index in [1.54, 1.807) is 25.3 Å². The van der Waals surface area contributed by atoms with Crippen molar-refractivity contribution in [1.29, 1.82) is 0 Å². The number of methoxy groups -OCH3 is 1. The van der Waals surface area contributed by atoms with E-state index in [4.69, 9.17) is 14.2 Å². The van der Waals surface area contributed by atoms with Crippen LogP contribution in [0.15, 0.2) is 42.5 Å². The van der Waals surface area contributed by atoms with Gasteiger partial charge >= 0.3 is 0 Å². The zero-order valence-corrected chi connectivity index (χ0v) is 18.9. The van der Waals surface area contributed by atoms with E-state index in [0.717, 1.165) is 41.1 Å². The monoisotopic (exact) mass is 465 g/mol. The second kappa shape index (κ2) is 9.11. The lowest BCUT2D eigenvalue weighted by Crippen LogP contribution is -2.30. The summed E-state index contributed by atoms with van der Waals surface area (Å²) >= 11 is 1.42. The minimum atomic E-state index is -0.289. The zero-order chi connectivity index (χ0) is 22.8. The number of ether oxygens (including phenoxy) is 3. The van der Waals surface area contributed by atoms with Crippen molar-refractivity contribution in [1.82, 2.24) is 10.3 Å². The molecule has 1 atom stereocenters. The Kier molecular flexibility index (Phi) is 5.87. The number of amides is 2. The van der Waals surface area contributed by atoms with Crippen LogP contribution in [0.3, 0.4) is 0 Å². The molecule has 2 aliphatic rings. The molecule has 9 heteroatoms. The van der Waals surface area contributed by atoms with Crippen LogP contribution in [-0.4, -0.2) is 37.2 Å². The van der Waals surface area contributed by atoms with Gasteiger partial charge in [-0.1, -0.05) is 12.1 Å². The van der Waals surface area contributed by atoms with Gasteiger partial charge in [0, 0.05) is 17.0 Å². The van der Waals surface area contributed by atoms with Crippen molar-refractivity contribution in [3.63, 3.8) is 0 Å². The number of thiazole rings is 1. The molecule has 8 nitrogen and oxygen atoms in total. The molecule has 2 aromatic carbocycles. The Morgan fingerprint density at radius 3 is 2.79 bits per heavy atom. The molecule has 0 bridgehead atoms. The highest BCUT2D eigenvalue weighted by molar-refractivity contribution is 7.16. The number of nitrogens with one attached hydrogen (secondary N) is 2. The summed E-state index contributed by atoms with van der Waals surface area (Å²) in [6.07, 6.45) is 2.26. The highest BCUT2D eigenvalue weighted by Gasteiger charge is 2.32. The molecular weight excluding hydrogens is 442 g/mol. The highest BCUT2D eigenvalue weighted by Crippen LogP contribution is 2.39. The number of carbonyl (C=O) groups is 2. The van der Waals surface area contributed by atoms with Crippen LogP contribution in [0.2, 0.25) is 0 Å². The number of carbonyl (C=O) groups excluding carboxylic acids is 2. The first-order valence-electron chi connectivity index (χ1n) is 10.7. The lowest BCUT2D eigenvalue weighted by Gasteiger charge is -2.11. The van der Waals surface area contributed by atoms with Gasteiger partial charge in [0.15, 0.2) is 16.6 Å². The van der Waals surface area contributed by atoms with Crippen molar-refractivity contribution >= 4 is 28.3 Å². The van der Waals surface area contributed by atoms with E-state index >= 15 is 0 Å². The molecule has 2 heterocycles. The van der Waals surface area contributed by atoms with Crippen LogP contribution in [0, 0.1) is 0 Å². The van der Waals surface area contributed by atoms with Gasteiger partial charge in [0.1, 0.15) is 5.75 Å². The van der Waals surface area contributed by atoms with Crippen molar-refractivity contribution in [2.75, 3.05) is 25.8 Å². The van der Waals surface area contributed by atoms with Gasteiger partial charge in [-0.05, 0) is 55.2 Å². The van der Waals surface area contributed by atoms with Gasteiger partial charge in [-0.25, -0.2) is 4.98 Å². The first-order chi connectivity index (χ1) is 16.1. The minimum Gasteiger partial charge on any atom is -0.497 e. The van der Waals surface area contributed by atoms with E-state index in [1.807, 2.05) is 24.3 Å². The quantitative estimate of drug-likeness (QED) is 0.554. The molecule has 1 aromatic heterocycles. The Bertz CT molecular complexity index is 1190. The number of nitrogens with zero attached hydrogens (tertiary/aromatic N) is 1. The Labute approximate surface area is 194 Å². The summed E-state index contributed by atoms with van der Waals surface area (Å²) in [6, 6.07) is 12.9. The first kappa shape index (κ1) is 21.3. The van der Waals surface area contributed by atoms with Gasteiger partial charge in [0.05, 0.1) is 18.7 Å². The van der Waals surface area contributed by atoms with E-state index in [0.29, 0.717) is 28.7 Å². The number of anilines is 1. The normalized spacial score (nSPS) is 15.7. The molecule has 0 fully saturated rings. The van der Waals surface area contributed by atoms with E-state index in [-0.39, 0.29) is 24.5 Å². The largest absolute Gasteiger partial charge is 0.497 e. The number of aromatic nitrogens is 1. The smallest absolute Gasteiger partial charge is 0.257 e. The van der Waals surface area contributed by atoms with Crippen LogP contribution in [0.4, 0.5) is 5.13 Å². The summed E-state index contributed by atoms with van der Waals surface area (Å²) in [5.74, 6) is 1.40. The first-order valence-corrected chi connectivity index (χ1v) is 11.5. The lowest BCUT2D eigenvalue weighted by molar-refractivity contribution is -0.122. The summed E-state index contributed by atoms with van der Waals surface area (Å²) in [5.41, 5.74) is 2.36. The topological polar surface area (TPSA) is 98.8 Å². The summed E-state index contributed by atoms with van der Waals surface area (Å²) in [5, 5.41) is 6.36. The van der Waals surface area contributed by atoms with Gasteiger partial charge < -0.3 is 19.5 Å². The standard InChI is InChI=1S/C24H23N3O5S/c1-30-16-5-2-14(3-6-16)10-11-25-23(29)17-7-9-20-21(17)26-24(33-20)27-22(28)15-4-8-18-19(12-15)32-13-31-18/h2-6,8,12,17H,7,9-11,13H2,1H3,(H,25,29)(H,26,27,28). The molecule has 1 aliphatic heterocycles. The zero-order valence-electron chi connectivity index (χ0n) is 18.1. The van der Waals surface area contributed by atoms with E-state index in [2.05, 4.69) is 15.6 Å². The fourth-order valence-corrected chi connectivity index (χ4v) is 5.02. The van der Waals surface area contributed by atoms with E-state index in [9.17, 15) is 9.59 Å². The molecule has 33 heavy (non-hydrogen) atoms. The second-order valence-corrected chi connectivity index (χ2v) is 8.91. The molecule has 2 N–H and O–H groups in total. The Balaban J connectivity index is 1.18. The molecule has 1 unspecified atom stereocenters. The summed E-state index contributed by atoms with van der Waals surface area (Å²) < 4.78 is 15.8. The number of hydrogen-bond donors (Lipinski definition) is 2. The predicted octanol–water partition coefficient (Wildman–Crippen LogP) is 3.52. The fourth-order valence-electron chi connectivity index (χ4n) is 3.99. The molecule has 0 saturated heterocycles. The predicted molar refractivity (Wildman–Crippen MR) is 123 cm³/mol. The van der Waals surface area contributed by atoms with Crippen LogP contribution in [0.5, 0.6) is 17.2 Å². The van der Waals surface area contributed by atoms with Gasteiger partial charge in [0.2, 0.25) is 12.7 Å². The van der Waals surface area contributed by atoms with Crippen LogP contribution in [-0.2, 0) is 17.6 Å². The van der Waals surface area contributed by atoms with Crippen molar-refractivity contribution in [3.05, 3.63) is 64.2 Å². The summed E-state index contributed by atoms with van der Waals surface area (Å²) in [4.78, 5) is 31.0. The van der Waals surface area contributed by atoms with Crippen molar-refractivity contribution in [3.8, 4) is 17.2 Å². The molecule has 1 aliphatic carbocycles. The SMILES string of the molecule is COc1ccc(CCNC(=O)C2CCc3sc(NC(=O)c4ccc5c(c4)OCO5)nc32)cc1. The fraction of sp³-hybridized carbons (Fsp3) is 0.292. The van der Waals surface area contributed by atoms with Gasteiger partial charge in [-0.15, -0.1) is 11.3 Å². The molecule has 3 aromatic rings. The third-order valence-electron chi connectivity index (χ3n) is 5.76. The van der Waals surface area contributed by atoms with Crippen molar-refractivity contribution in [2.24, 2.45) is 0 Å². The Hall–Kier alpha value is -3.59. The van der Waals surface area contributed by atoms with Crippen LogP contribution in [0.1, 0.15) is 38.8 Å². The average Bonchev–Trinajstić information content (AvgIpc) is 3.54. The summed E-state index contributed by atoms with van der Waals surface area (Å²) in [6.45, 7) is 0.706. The molecule has 170 valence electrons. The highest BCUT2D eigenvalue weighted by atomic mass is 32.1. The third kappa shape index (κ3) is 4.49. The number of benzene rings is 2. The molecule has 5 rings (SSSR count). The minimum absolute atomic E-state index is 0.0267. The maximum Gasteiger partial charge on any atom is 0.257 e. The van der Waals surface area contributed by atoms with E-state index in [1.165, 1.54) is 11.3 Å². The lowest BCUT2D eigenvalue weighted by atomic mass is 10.1. The number of fused-ring (bicyclic) bond motifs is 2. The third-order valence-corrected chi connectivity index (χ3v) is 6.81. The molecular formula is C24H23N3O5S. The maximum absolute atomic E-state index is 12.8. The Morgan fingerprint density at radius 2 is 1.97 bits per heavy atom. The molecule has 2 amide bonds. The van der Waals surface area contributed by atoms with Crippen LogP contribution >= 0.6 is 11.3 Å². The second-order valence-electron chi connectivity index (χ2n) is 7.83. The average molecular weight is 466 g/mol. The van der Waals surface area contributed by atoms with Crippen LogP contribution < -0.4 is 24.8 Å².